The van der Waals surface area contributed by atoms with Crippen molar-refractivity contribution < 1.29 is 5.48 Å². The predicted molar refractivity (Wildman–Crippen MR) is 60.5 cm³/mol. The largest absolute Gasteiger partial charge is 0.255 e. The summed E-state index contributed by atoms with van der Waals surface area (Å²) in [6, 6.07) is 8.45. The number of hydrogen-bond acceptors (Lipinski definition) is 0. The van der Waals surface area contributed by atoms with E-state index in [4.69, 9.17) is 0 Å². The van der Waals surface area contributed by atoms with Crippen LogP contribution < -0.4 is 0 Å². The van der Waals surface area contributed by atoms with E-state index >= 15 is 0 Å². The monoisotopic (exact) mass is 183 g/mol. The van der Waals surface area contributed by atoms with Gasteiger partial charge in [0.2, 0.25) is 0 Å². The molecular weight excluding hydrogens is 160 g/mol. The molecule has 1 N–H and O–H groups in total. The molecule has 1 aromatic carbocycles. The van der Waals surface area contributed by atoms with Crippen molar-refractivity contribution in [3.63, 3.8) is 0 Å². The average Bonchev–Trinajstić information content (AvgIpc) is 2.11. The molecule has 1 nitrogen and oxygen atoms in total. The van der Waals surface area contributed by atoms with Crippen molar-refractivity contribution in [1.29, 1.82) is 0 Å². The van der Waals surface area contributed by atoms with Gasteiger partial charge >= 0.3 is 0 Å². The van der Waals surface area contributed by atoms with Crippen molar-refractivity contribution in [2.45, 2.75) is 41.5 Å². The van der Waals surface area contributed by atoms with Crippen LogP contribution in [0.4, 0.5) is 0 Å². The molecule has 0 aliphatic carbocycles. The van der Waals surface area contributed by atoms with Crippen molar-refractivity contribution in [1.82, 2.24) is 0 Å². The molecule has 1 aromatic rings. The molecule has 0 unspecified atom stereocenters. The Morgan fingerprint density at radius 2 is 1.08 bits per heavy atom. The van der Waals surface area contributed by atoms with Gasteiger partial charge in [-0.15, -0.1) is 0 Å². The van der Waals surface area contributed by atoms with Crippen molar-refractivity contribution >= 4 is 0 Å². The highest BCUT2D eigenvalue weighted by molar-refractivity contribution is 5.20. The van der Waals surface area contributed by atoms with Crippen LogP contribution in [0.1, 0.15) is 38.8 Å². The van der Waals surface area contributed by atoms with Crippen molar-refractivity contribution in [2.75, 3.05) is 0 Å². The number of aryl methyl sites for hydroxylation is 2. The zero-order chi connectivity index (χ0) is 9.98. The molecule has 0 saturated carbocycles. The average molecular weight is 183 g/mol. The summed E-state index contributed by atoms with van der Waals surface area (Å²) in [5.41, 5.74) is 2.68. The summed E-state index contributed by atoms with van der Waals surface area (Å²) in [6.07, 6.45) is 0. The fraction of sp³-hybridized carbons (Fsp3) is 0.500. The minimum Gasteiger partial charge on any atom is -0.255 e. The summed E-state index contributed by atoms with van der Waals surface area (Å²) in [5.74, 6) is 0. The Morgan fingerprint density at radius 3 is 1.23 bits per heavy atom. The van der Waals surface area contributed by atoms with E-state index in [9.17, 15) is 0 Å². The summed E-state index contributed by atoms with van der Waals surface area (Å²) in [5, 5.41) is 0. The Bertz CT molecular complexity index is 165. The number of benzene rings is 1. The Morgan fingerprint density at radius 1 is 0.769 bits per heavy atom. The van der Waals surface area contributed by atoms with Gasteiger partial charge < -0.3 is 0 Å². The SMILES string of the molecule is CC.CC.Cc1cccc(C)c1.[OH]. The van der Waals surface area contributed by atoms with Gasteiger partial charge in [0, 0.05) is 0 Å². The van der Waals surface area contributed by atoms with Crippen LogP contribution in [0.5, 0.6) is 0 Å². The standard InChI is InChI=1S/C8H10.2C2H6.HO/c1-7-4-3-5-8(2)6-7;2*1-2;/h3-6H,1-2H3;2*1-2H3;1H. The van der Waals surface area contributed by atoms with E-state index in [1.54, 1.807) is 0 Å². The van der Waals surface area contributed by atoms with Gasteiger partial charge in [-0.3, -0.25) is 5.48 Å². The first-order valence-corrected chi connectivity index (χ1v) is 4.82. The summed E-state index contributed by atoms with van der Waals surface area (Å²) in [4.78, 5) is 0. The number of rotatable bonds is 0. The van der Waals surface area contributed by atoms with Crippen LogP contribution in [0.15, 0.2) is 24.3 Å². The lowest BCUT2D eigenvalue weighted by molar-refractivity contribution is 0.824. The predicted octanol–water partition coefficient (Wildman–Crippen LogP) is 4.18. The van der Waals surface area contributed by atoms with Gasteiger partial charge in [-0.25, -0.2) is 0 Å². The van der Waals surface area contributed by atoms with E-state index in [1.165, 1.54) is 11.1 Å². The Labute approximate surface area is 83.1 Å². The van der Waals surface area contributed by atoms with Gasteiger partial charge in [-0.2, -0.15) is 0 Å². The molecule has 0 fully saturated rings. The van der Waals surface area contributed by atoms with Gasteiger partial charge in [-0.1, -0.05) is 63.1 Å². The minimum absolute atomic E-state index is 0. The second-order valence-electron chi connectivity index (χ2n) is 2.16. The lowest BCUT2D eigenvalue weighted by Gasteiger charge is -1.90. The van der Waals surface area contributed by atoms with Gasteiger partial charge in [0.15, 0.2) is 0 Å². The van der Waals surface area contributed by atoms with Crippen LogP contribution >= 0.6 is 0 Å². The summed E-state index contributed by atoms with van der Waals surface area (Å²) < 4.78 is 0. The molecule has 13 heavy (non-hydrogen) atoms. The van der Waals surface area contributed by atoms with E-state index in [0.717, 1.165) is 0 Å². The highest BCUT2D eigenvalue weighted by atomic mass is 16.0. The van der Waals surface area contributed by atoms with Gasteiger partial charge in [0.25, 0.3) is 0 Å². The van der Waals surface area contributed by atoms with Crippen LogP contribution in [-0.4, -0.2) is 5.48 Å². The maximum Gasteiger partial charge on any atom is -0.0398 e. The first-order chi connectivity index (χ1) is 5.79. The number of hydrogen-bond donors (Lipinski definition) is 1. The molecule has 1 radical (unpaired) electrons. The molecule has 1 heteroatoms. The lowest BCUT2D eigenvalue weighted by atomic mass is 10.2. The second kappa shape index (κ2) is 13.7. The molecule has 1 rings (SSSR count). The molecule has 0 amide bonds. The van der Waals surface area contributed by atoms with Crippen LogP contribution in [0.2, 0.25) is 0 Å². The van der Waals surface area contributed by atoms with E-state index in [-0.39, 0.29) is 5.48 Å². The van der Waals surface area contributed by atoms with Crippen molar-refractivity contribution in [2.24, 2.45) is 0 Å². The molecule has 0 aliphatic rings. The molecule has 0 saturated heterocycles. The summed E-state index contributed by atoms with van der Waals surface area (Å²) in [6.45, 7) is 12.2. The highest BCUT2D eigenvalue weighted by Crippen LogP contribution is 2.00. The Hall–Kier alpha value is -0.820. The molecule has 0 atom stereocenters. The zero-order valence-corrected chi connectivity index (χ0v) is 9.76. The Kier molecular flexibility index (Phi) is 19.1. The lowest BCUT2D eigenvalue weighted by Crippen LogP contribution is -1.71. The fourth-order valence-corrected chi connectivity index (χ4v) is 0.807. The van der Waals surface area contributed by atoms with Crippen LogP contribution in [0.3, 0.4) is 0 Å². The minimum atomic E-state index is 0. The third-order valence-electron chi connectivity index (χ3n) is 1.17. The molecule has 0 bridgehead atoms. The van der Waals surface area contributed by atoms with Crippen molar-refractivity contribution in [3.05, 3.63) is 35.4 Å². The van der Waals surface area contributed by atoms with Gasteiger partial charge in [-0.05, 0) is 13.8 Å². The van der Waals surface area contributed by atoms with Crippen LogP contribution in [-0.2, 0) is 0 Å². The maximum absolute atomic E-state index is 2.17. The topological polar surface area (TPSA) is 30.0 Å². The second-order valence-corrected chi connectivity index (χ2v) is 2.16. The summed E-state index contributed by atoms with van der Waals surface area (Å²) >= 11 is 0. The molecule has 0 aliphatic heterocycles. The molecular formula is C12H23O. The highest BCUT2D eigenvalue weighted by Gasteiger charge is 1.80. The first kappa shape index (κ1) is 18.1. The van der Waals surface area contributed by atoms with E-state index in [2.05, 4.69) is 38.1 Å². The fourth-order valence-electron chi connectivity index (χ4n) is 0.807. The quantitative estimate of drug-likeness (QED) is 0.625. The van der Waals surface area contributed by atoms with E-state index in [0.29, 0.717) is 0 Å². The van der Waals surface area contributed by atoms with Crippen molar-refractivity contribution in [3.8, 4) is 0 Å². The molecule has 0 aromatic heterocycles. The van der Waals surface area contributed by atoms with Crippen LogP contribution in [0, 0.1) is 13.8 Å². The smallest absolute Gasteiger partial charge is 0.0398 e. The molecule has 0 spiro atoms. The van der Waals surface area contributed by atoms with E-state index in [1.807, 2.05) is 27.7 Å². The zero-order valence-electron chi connectivity index (χ0n) is 9.76. The molecule has 0 heterocycles. The molecule has 77 valence electrons. The maximum atomic E-state index is 2.17. The third-order valence-corrected chi connectivity index (χ3v) is 1.17. The van der Waals surface area contributed by atoms with Crippen LogP contribution in [0.25, 0.3) is 0 Å². The van der Waals surface area contributed by atoms with Gasteiger partial charge in [0.1, 0.15) is 0 Å². The summed E-state index contributed by atoms with van der Waals surface area (Å²) in [7, 11) is 0. The van der Waals surface area contributed by atoms with Gasteiger partial charge in [0.05, 0.1) is 0 Å². The normalized spacial score (nSPS) is 6.62. The first-order valence-electron chi connectivity index (χ1n) is 4.82. The Balaban J connectivity index is -0.000000178. The van der Waals surface area contributed by atoms with E-state index < -0.39 is 0 Å². The third kappa shape index (κ3) is 11.2.